The van der Waals surface area contributed by atoms with Crippen LogP contribution in [0.25, 0.3) is 0 Å². The van der Waals surface area contributed by atoms with Crippen LogP contribution in [0.4, 0.5) is 0 Å². The van der Waals surface area contributed by atoms with Gasteiger partial charge in [-0.1, -0.05) is 19.1 Å². The lowest BCUT2D eigenvalue weighted by atomic mass is 10.1. The van der Waals surface area contributed by atoms with Gasteiger partial charge in [0.15, 0.2) is 0 Å². The van der Waals surface area contributed by atoms with Gasteiger partial charge in [-0.25, -0.2) is 0 Å². The second-order valence-corrected chi connectivity index (χ2v) is 3.79. The van der Waals surface area contributed by atoms with E-state index in [1.54, 1.807) is 12.1 Å². The summed E-state index contributed by atoms with van der Waals surface area (Å²) in [4.78, 5) is 2.31. The molecule has 2 heteroatoms. The van der Waals surface area contributed by atoms with Crippen molar-refractivity contribution < 1.29 is 5.11 Å². The lowest BCUT2D eigenvalue weighted by Crippen LogP contribution is -2.30. The smallest absolute Gasteiger partial charge is 0.115 e. The lowest BCUT2D eigenvalue weighted by molar-refractivity contribution is 0.269. The largest absolute Gasteiger partial charge is 0.508 e. The van der Waals surface area contributed by atoms with E-state index in [4.69, 9.17) is 5.11 Å². The summed E-state index contributed by atoms with van der Waals surface area (Å²) in [6.07, 6.45) is 1.03. The summed E-state index contributed by atoms with van der Waals surface area (Å²) in [5.74, 6) is 0.338. The van der Waals surface area contributed by atoms with Crippen LogP contribution in [0.15, 0.2) is 24.3 Å². The van der Waals surface area contributed by atoms with E-state index in [2.05, 4.69) is 25.8 Å². The Morgan fingerprint density at radius 3 is 2.36 bits per heavy atom. The quantitative estimate of drug-likeness (QED) is 0.793. The third-order valence-corrected chi connectivity index (χ3v) is 2.72. The van der Waals surface area contributed by atoms with Gasteiger partial charge in [0.05, 0.1) is 0 Å². The zero-order valence-electron chi connectivity index (χ0n) is 9.20. The summed E-state index contributed by atoms with van der Waals surface area (Å²) in [5.41, 5.74) is 1.27. The third kappa shape index (κ3) is 3.04. The molecule has 78 valence electrons. The van der Waals surface area contributed by atoms with Gasteiger partial charge in [-0.2, -0.15) is 0 Å². The number of phenols is 1. The number of likely N-dealkylation sites (N-methyl/N-ethyl adjacent to an activating group) is 1. The third-order valence-electron chi connectivity index (χ3n) is 2.72. The molecule has 1 atom stereocenters. The minimum Gasteiger partial charge on any atom is -0.508 e. The highest BCUT2D eigenvalue weighted by Crippen LogP contribution is 2.12. The molecule has 0 aliphatic rings. The second-order valence-electron chi connectivity index (χ2n) is 3.79. The first-order valence-electron chi connectivity index (χ1n) is 5.11. The van der Waals surface area contributed by atoms with Crippen LogP contribution in [0.3, 0.4) is 0 Å². The van der Waals surface area contributed by atoms with Crippen LogP contribution in [0.5, 0.6) is 5.75 Å². The van der Waals surface area contributed by atoms with E-state index in [0.717, 1.165) is 13.0 Å². The maximum Gasteiger partial charge on any atom is 0.115 e. The zero-order valence-corrected chi connectivity index (χ0v) is 9.20. The Morgan fingerprint density at radius 2 is 1.86 bits per heavy atom. The molecule has 0 spiro atoms. The molecular formula is C12H19NO. The molecule has 0 aromatic heterocycles. The molecule has 0 heterocycles. The van der Waals surface area contributed by atoms with Crippen LogP contribution in [0.2, 0.25) is 0 Å². The molecule has 1 aromatic rings. The van der Waals surface area contributed by atoms with Gasteiger partial charge in [-0.15, -0.1) is 0 Å². The fourth-order valence-electron chi connectivity index (χ4n) is 1.44. The number of aromatic hydroxyl groups is 1. The van der Waals surface area contributed by atoms with Crippen LogP contribution in [-0.2, 0) is 6.42 Å². The highest BCUT2D eigenvalue weighted by Gasteiger charge is 2.07. The van der Waals surface area contributed by atoms with E-state index in [9.17, 15) is 0 Å². The van der Waals surface area contributed by atoms with E-state index in [-0.39, 0.29) is 0 Å². The van der Waals surface area contributed by atoms with Gasteiger partial charge < -0.3 is 10.0 Å². The first-order chi connectivity index (χ1) is 6.63. The average Bonchev–Trinajstić information content (AvgIpc) is 2.20. The molecule has 0 amide bonds. The van der Waals surface area contributed by atoms with E-state index in [1.165, 1.54) is 5.56 Å². The monoisotopic (exact) mass is 193 g/mol. The molecule has 0 saturated heterocycles. The van der Waals surface area contributed by atoms with Gasteiger partial charge in [0, 0.05) is 6.04 Å². The Kier molecular flexibility index (Phi) is 3.96. The Balaban J connectivity index is 2.56. The minimum atomic E-state index is 0.338. The Hall–Kier alpha value is -1.02. The zero-order chi connectivity index (χ0) is 10.6. The normalized spacial score (nSPS) is 13.1. The molecule has 0 aliphatic heterocycles. The molecule has 0 bridgehead atoms. The van der Waals surface area contributed by atoms with Gasteiger partial charge in [-0.05, 0) is 44.6 Å². The van der Waals surface area contributed by atoms with Crippen molar-refractivity contribution in [1.29, 1.82) is 0 Å². The molecule has 0 radical (unpaired) electrons. The molecule has 1 N–H and O–H groups in total. The van der Waals surface area contributed by atoms with Crippen LogP contribution < -0.4 is 0 Å². The summed E-state index contributed by atoms with van der Waals surface area (Å²) in [6.45, 7) is 5.45. The van der Waals surface area contributed by atoms with E-state index < -0.39 is 0 Å². The summed E-state index contributed by atoms with van der Waals surface area (Å²) in [6, 6.07) is 8.00. The van der Waals surface area contributed by atoms with Crippen LogP contribution in [0.1, 0.15) is 19.4 Å². The number of rotatable bonds is 4. The molecule has 1 unspecified atom stereocenters. The second kappa shape index (κ2) is 5.01. The summed E-state index contributed by atoms with van der Waals surface area (Å²) >= 11 is 0. The predicted octanol–water partition coefficient (Wildman–Crippen LogP) is 2.27. The predicted molar refractivity (Wildman–Crippen MR) is 59.6 cm³/mol. The average molecular weight is 193 g/mol. The highest BCUT2D eigenvalue weighted by molar-refractivity contribution is 5.26. The maximum atomic E-state index is 9.14. The van der Waals surface area contributed by atoms with Gasteiger partial charge in [0.25, 0.3) is 0 Å². The van der Waals surface area contributed by atoms with E-state index in [0.29, 0.717) is 11.8 Å². The summed E-state index contributed by atoms with van der Waals surface area (Å²) in [5, 5.41) is 9.14. The molecule has 2 nitrogen and oxygen atoms in total. The first kappa shape index (κ1) is 11.1. The topological polar surface area (TPSA) is 23.5 Å². The standard InChI is InChI=1S/C12H19NO/c1-4-13(3)10(2)9-11-5-7-12(14)8-6-11/h5-8,10,14H,4,9H2,1-3H3. The molecule has 0 saturated carbocycles. The van der Waals surface area contributed by atoms with Gasteiger partial charge in [0.2, 0.25) is 0 Å². The lowest BCUT2D eigenvalue weighted by Gasteiger charge is -2.22. The maximum absolute atomic E-state index is 9.14. The van der Waals surface area contributed by atoms with Crippen molar-refractivity contribution in [2.24, 2.45) is 0 Å². The van der Waals surface area contributed by atoms with Crippen molar-refractivity contribution in [3.8, 4) is 5.75 Å². The van der Waals surface area contributed by atoms with Gasteiger partial charge >= 0.3 is 0 Å². The Labute approximate surface area is 86.2 Å². The van der Waals surface area contributed by atoms with Crippen LogP contribution >= 0.6 is 0 Å². The number of benzene rings is 1. The van der Waals surface area contributed by atoms with E-state index >= 15 is 0 Å². The number of hydrogen-bond acceptors (Lipinski definition) is 2. The van der Waals surface area contributed by atoms with Crippen molar-refractivity contribution in [2.75, 3.05) is 13.6 Å². The molecule has 1 rings (SSSR count). The Morgan fingerprint density at radius 1 is 1.29 bits per heavy atom. The van der Waals surface area contributed by atoms with Gasteiger partial charge in [0.1, 0.15) is 5.75 Å². The van der Waals surface area contributed by atoms with E-state index in [1.807, 2.05) is 12.1 Å². The number of hydrogen-bond donors (Lipinski definition) is 1. The van der Waals surface area contributed by atoms with Crippen molar-refractivity contribution in [3.63, 3.8) is 0 Å². The number of nitrogens with zero attached hydrogens (tertiary/aromatic N) is 1. The number of phenolic OH excluding ortho intramolecular Hbond substituents is 1. The Bertz CT molecular complexity index is 268. The summed E-state index contributed by atoms with van der Waals surface area (Å²) < 4.78 is 0. The van der Waals surface area contributed by atoms with Crippen molar-refractivity contribution >= 4 is 0 Å². The molecule has 0 aliphatic carbocycles. The van der Waals surface area contributed by atoms with Crippen molar-refractivity contribution in [2.45, 2.75) is 26.3 Å². The fourth-order valence-corrected chi connectivity index (χ4v) is 1.44. The fraction of sp³-hybridized carbons (Fsp3) is 0.500. The highest BCUT2D eigenvalue weighted by atomic mass is 16.3. The first-order valence-corrected chi connectivity index (χ1v) is 5.11. The molecule has 14 heavy (non-hydrogen) atoms. The minimum absolute atomic E-state index is 0.338. The molecule has 0 fully saturated rings. The molecular weight excluding hydrogens is 174 g/mol. The van der Waals surface area contributed by atoms with Crippen molar-refractivity contribution in [1.82, 2.24) is 4.90 Å². The van der Waals surface area contributed by atoms with Gasteiger partial charge in [-0.3, -0.25) is 0 Å². The van der Waals surface area contributed by atoms with Crippen LogP contribution in [0, 0.1) is 0 Å². The SMILES string of the molecule is CCN(C)C(C)Cc1ccc(O)cc1. The molecule has 1 aromatic carbocycles. The van der Waals surface area contributed by atoms with Crippen LogP contribution in [-0.4, -0.2) is 29.6 Å². The van der Waals surface area contributed by atoms with Crippen molar-refractivity contribution in [3.05, 3.63) is 29.8 Å². The summed E-state index contributed by atoms with van der Waals surface area (Å²) in [7, 11) is 2.13.